The van der Waals surface area contributed by atoms with Crippen molar-refractivity contribution < 1.29 is 17.0 Å². The topological polar surface area (TPSA) is 6.25 Å². The van der Waals surface area contributed by atoms with E-state index in [-0.39, 0.29) is 27.7 Å². The van der Waals surface area contributed by atoms with Crippen LogP contribution in [0.25, 0.3) is 0 Å². The van der Waals surface area contributed by atoms with E-state index in [0.717, 1.165) is 0 Å². The Kier molecular flexibility index (Phi) is 9.67. The fourth-order valence-electron chi connectivity index (χ4n) is 0.296. The Morgan fingerprint density at radius 2 is 1.80 bits per heavy atom. The van der Waals surface area contributed by atoms with Crippen LogP contribution in [0.4, 0.5) is 0 Å². The van der Waals surface area contributed by atoms with E-state index in [9.17, 15) is 0 Å². The molecular weight excluding hydrogens is 210 g/mol. The van der Waals surface area contributed by atoms with Gasteiger partial charge in [0.1, 0.15) is 0 Å². The summed E-state index contributed by atoms with van der Waals surface area (Å²) in [6.45, 7) is 0. The zero-order valence-corrected chi connectivity index (χ0v) is 9.51. The van der Waals surface area contributed by atoms with E-state index in [1.165, 1.54) is 0 Å². The molecule has 0 saturated heterocycles. The predicted octanol–water partition coefficient (Wildman–Crippen LogP) is -3.68. The van der Waals surface area contributed by atoms with Crippen molar-refractivity contribution in [3.63, 3.8) is 0 Å². The van der Waals surface area contributed by atoms with Gasteiger partial charge in [0.05, 0.1) is 0 Å². The zero-order valence-electron chi connectivity index (χ0n) is 6.87. The number of halogens is 1. The molecule has 0 saturated carbocycles. The van der Waals surface area contributed by atoms with Crippen molar-refractivity contribution in [1.82, 2.24) is 4.90 Å². The fraction of sp³-hybridized carbons (Fsp3) is 0.667. The molecule has 0 N–H and O–H groups in total. The van der Waals surface area contributed by atoms with Gasteiger partial charge in [0.15, 0.2) is 0 Å². The molecule has 4 heteroatoms. The predicted molar refractivity (Wildman–Crippen MR) is 43.7 cm³/mol. The van der Waals surface area contributed by atoms with Crippen molar-refractivity contribution in [2.45, 2.75) is 0 Å². The van der Waals surface area contributed by atoms with Crippen LogP contribution in [0.15, 0.2) is 0 Å². The molecule has 0 heterocycles. The maximum atomic E-state index is 2.22. The zero-order chi connectivity index (χ0) is 7.28. The first-order valence-corrected chi connectivity index (χ1v) is 4.99. The summed E-state index contributed by atoms with van der Waals surface area (Å²) in [5, 5.41) is 2.22. The maximum Gasteiger partial charge on any atom is -1.00 e. The van der Waals surface area contributed by atoms with Gasteiger partial charge in [-0.05, 0) is 0 Å². The molecule has 60 valence electrons. The summed E-state index contributed by atoms with van der Waals surface area (Å²) in [5.41, 5.74) is 0. The normalized spacial score (nSPS) is 9.70. The van der Waals surface area contributed by atoms with Gasteiger partial charge < -0.3 is 12.4 Å². The van der Waals surface area contributed by atoms with E-state index >= 15 is 0 Å². The van der Waals surface area contributed by atoms with Gasteiger partial charge in [-0.15, -0.1) is 0 Å². The third-order valence-corrected chi connectivity index (χ3v) is 3.09. The number of rotatable bonds is 2. The summed E-state index contributed by atoms with van der Waals surface area (Å²) in [6, 6.07) is 0. The van der Waals surface area contributed by atoms with Crippen LogP contribution in [0.3, 0.4) is 0 Å². The molecule has 10 heavy (non-hydrogen) atoms. The fourth-order valence-corrected chi connectivity index (χ4v) is 1.54. The van der Waals surface area contributed by atoms with Crippen LogP contribution in [0.5, 0.6) is 0 Å². The molecule has 0 aliphatic heterocycles. The van der Waals surface area contributed by atoms with Gasteiger partial charge in [-0.25, -0.2) is 0 Å². The minimum absolute atomic E-state index is 0. The van der Waals surface area contributed by atoms with Crippen LogP contribution < -0.4 is 12.4 Å². The van der Waals surface area contributed by atoms with Crippen LogP contribution in [0.1, 0.15) is 0 Å². The van der Waals surface area contributed by atoms with E-state index in [0.29, 0.717) is 0 Å². The molecule has 0 aliphatic carbocycles. The van der Waals surface area contributed by atoms with E-state index < -0.39 is 0 Å². The van der Waals surface area contributed by atoms with Gasteiger partial charge >= 0.3 is 62.9 Å². The van der Waals surface area contributed by atoms with Crippen LogP contribution in [-0.4, -0.2) is 62.9 Å². The Hall–Kier alpha value is 0.348. The van der Waals surface area contributed by atoms with Gasteiger partial charge in [-0.2, -0.15) is 0 Å². The van der Waals surface area contributed by atoms with E-state index in [4.69, 9.17) is 0 Å². The Bertz CT molecular complexity index is 128. The molecule has 0 radical (unpaired) electrons. The molecule has 0 aromatic rings. The standard InChI is InChI=1S/C6H14AsN2.ClH/c1-8(2)5-7-6-9(3)4;/h5-6H,1-4H3;1H/q+1;/p-1. The molecule has 0 aromatic carbocycles. The molecule has 0 aromatic heterocycles. The summed E-state index contributed by atoms with van der Waals surface area (Å²) < 4.78 is 2.10. The third kappa shape index (κ3) is 11.2. The van der Waals surface area contributed by atoms with Crippen LogP contribution >= 0.6 is 0 Å². The van der Waals surface area contributed by atoms with E-state index in [1.54, 1.807) is 0 Å². The van der Waals surface area contributed by atoms with Gasteiger partial charge in [-0.3, -0.25) is 0 Å². The molecule has 0 aliphatic rings. The van der Waals surface area contributed by atoms with Crippen molar-refractivity contribution in [3.05, 3.63) is 0 Å². The second-order valence-electron chi connectivity index (χ2n) is 2.31. The number of hydrogen-bond donors (Lipinski definition) is 0. The average Bonchev–Trinajstić information content (AvgIpc) is 1.63. The number of nitrogens with zero attached hydrogens (tertiary/aromatic N) is 2. The Balaban J connectivity index is 0. The first kappa shape index (κ1) is 13.0. The van der Waals surface area contributed by atoms with Crippen molar-refractivity contribution in [3.8, 4) is 0 Å². The first-order valence-electron chi connectivity index (χ1n) is 2.82. The third-order valence-electron chi connectivity index (χ3n) is 0.595. The first-order chi connectivity index (χ1) is 4.13. The minimum atomic E-state index is 0. The van der Waals surface area contributed by atoms with Crippen molar-refractivity contribution in [2.75, 3.05) is 28.2 Å². The summed E-state index contributed by atoms with van der Waals surface area (Å²) in [5.74, 6) is 0. The van der Waals surface area contributed by atoms with Crippen LogP contribution in [0.2, 0.25) is 0 Å². The Morgan fingerprint density at radius 1 is 1.30 bits per heavy atom. The average molecular weight is 225 g/mol. The second-order valence-corrected chi connectivity index (χ2v) is 3.90. The quantitative estimate of drug-likeness (QED) is 0.266. The van der Waals surface area contributed by atoms with Gasteiger partial charge in [0, 0.05) is 0 Å². The minimum Gasteiger partial charge on any atom is -1.00 e. The van der Waals surface area contributed by atoms with E-state index in [1.807, 2.05) is 0 Å². The molecule has 0 rings (SSSR count). The molecule has 0 unspecified atom stereocenters. The van der Waals surface area contributed by atoms with E-state index in [2.05, 4.69) is 47.6 Å². The summed E-state index contributed by atoms with van der Waals surface area (Å²) in [4.78, 5) is 4.32. The summed E-state index contributed by atoms with van der Waals surface area (Å²) >= 11 is 0.274. The molecule has 0 atom stereocenters. The monoisotopic (exact) mass is 224 g/mol. The van der Waals surface area contributed by atoms with Crippen molar-refractivity contribution in [2.24, 2.45) is 0 Å². The number of hydrogen-bond acceptors (Lipinski definition) is 1. The van der Waals surface area contributed by atoms with Crippen LogP contribution in [0, 0.1) is 0 Å². The Labute approximate surface area is 75.5 Å². The largest absolute Gasteiger partial charge is 1.00 e. The molecule has 0 amide bonds. The van der Waals surface area contributed by atoms with Gasteiger partial charge in [0.25, 0.3) is 0 Å². The summed E-state index contributed by atoms with van der Waals surface area (Å²) in [6.07, 6.45) is 0. The van der Waals surface area contributed by atoms with Crippen molar-refractivity contribution in [1.29, 1.82) is 0 Å². The molecule has 0 spiro atoms. The molecule has 2 nitrogen and oxygen atoms in total. The van der Waals surface area contributed by atoms with Gasteiger partial charge in [0.2, 0.25) is 0 Å². The van der Waals surface area contributed by atoms with Crippen molar-refractivity contribution >= 4 is 25.2 Å². The summed E-state index contributed by atoms with van der Waals surface area (Å²) in [7, 11) is 8.22. The second kappa shape index (κ2) is 7.46. The smallest absolute Gasteiger partial charge is 1.00 e. The molecule has 0 fully saturated rings. The van der Waals surface area contributed by atoms with Gasteiger partial charge in [-0.1, -0.05) is 0 Å². The SMILES string of the molecule is CN(C)C=[As]C=[N+](C)C.[Cl-]. The molecular formula is C6H14AsClN2. The Morgan fingerprint density at radius 3 is 2.10 bits per heavy atom. The maximum absolute atomic E-state index is 2.22. The molecule has 0 bridgehead atoms. The van der Waals surface area contributed by atoms with Crippen LogP contribution in [-0.2, 0) is 0 Å².